The highest BCUT2D eigenvalue weighted by atomic mass is 16.3. The Morgan fingerprint density at radius 3 is 2.00 bits per heavy atom. The highest BCUT2D eigenvalue weighted by Gasteiger charge is 2.36. The SMILES string of the molecule is C=C/C(=C\C=C/C)c1nc(-c2ccccc2)nc(-c2ccc(-c3cccc4c3oc3c(-n5c6ccccc6c6cc7c(cc65)C(C)(C)c5ccccc5-7)cccc34)cc2)n1. The molecular weight excluding hydrogens is 733 g/mol. The first kappa shape index (κ1) is 35.5. The van der Waals surface area contributed by atoms with E-state index in [4.69, 9.17) is 19.4 Å². The van der Waals surface area contributed by atoms with Crippen molar-refractivity contribution < 1.29 is 4.42 Å². The van der Waals surface area contributed by atoms with Crippen LogP contribution in [-0.2, 0) is 5.41 Å². The third-order valence-electron chi connectivity index (χ3n) is 12.2. The van der Waals surface area contributed by atoms with Crippen LogP contribution >= 0.6 is 0 Å². The summed E-state index contributed by atoms with van der Waals surface area (Å²) in [6.45, 7) is 10.7. The van der Waals surface area contributed by atoms with E-state index in [1.807, 2.05) is 55.5 Å². The summed E-state index contributed by atoms with van der Waals surface area (Å²) in [5, 5.41) is 4.62. The molecule has 286 valence electrons. The highest BCUT2D eigenvalue weighted by Crippen LogP contribution is 2.51. The fraction of sp³-hybridized carbons (Fsp3) is 0.0727. The molecule has 7 aromatic carbocycles. The largest absolute Gasteiger partial charge is 0.453 e. The second-order valence-electron chi connectivity index (χ2n) is 16.0. The maximum Gasteiger partial charge on any atom is 0.164 e. The van der Waals surface area contributed by atoms with Crippen LogP contribution < -0.4 is 0 Å². The number of furan rings is 1. The molecule has 0 spiro atoms. The summed E-state index contributed by atoms with van der Waals surface area (Å²) >= 11 is 0. The van der Waals surface area contributed by atoms with Crippen molar-refractivity contribution in [3.05, 3.63) is 199 Å². The Morgan fingerprint density at radius 1 is 0.567 bits per heavy atom. The summed E-state index contributed by atoms with van der Waals surface area (Å²) in [5.41, 5.74) is 15.0. The summed E-state index contributed by atoms with van der Waals surface area (Å²) in [7, 11) is 0. The van der Waals surface area contributed by atoms with Gasteiger partial charge in [0, 0.05) is 49.2 Å². The van der Waals surface area contributed by atoms with Gasteiger partial charge in [0.15, 0.2) is 23.1 Å². The van der Waals surface area contributed by atoms with E-state index in [1.54, 1.807) is 6.08 Å². The van der Waals surface area contributed by atoms with Crippen molar-refractivity contribution >= 4 is 49.3 Å². The number of aromatic nitrogens is 4. The third-order valence-corrected chi connectivity index (χ3v) is 12.2. The Balaban J connectivity index is 1.05. The predicted molar refractivity (Wildman–Crippen MR) is 248 cm³/mol. The van der Waals surface area contributed by atoms with Gasteiger partial charge in [-0.2, -0.15) is 0 Å². The summed E-state index contributed by atoms with van der Waals surface area (Å²) in [6, 6.07) is 53.8. The van der Waals surface area contributed by atoms with E-state index in [2.05, 4.69) is 146 Å². The van der Waals surface area contributed by atoms with E-state index in [0.29, 0.717) is 17.5 Å². The average Bonchev–Trinajstić information content (AvgIpc) is 3.92. The second kappa shape index (κ2) is 13.7. The van der Waals surface area contributed by atoms with E-state index in [1.165, 1.54) is 38.5 Å². The van der Waals surface area contributed by atoms with E-state index in [0.717, 1.165) is 61.0 Å². The molecule has 0 aliphatic heterocycles. The van der Waals surface area contributed by atoms with E-state index < -0.39 is 0 Å². The van der Waals surface area contributed by atoms with E-state index in [9.17, 15) is 0 Å². The van der Waals surface area contributed by atoms with Crippen LogP contribution in [0.3, 0.4) is 0 Å². The van der Waals surface area contributed by atoms with Crippen LogP contribution in [0.15, 0.2) is 187 Å². The first-order valence-corrected chi connectivity index (χ1v) is 20.4. The Morgan fingerprint density at radius 2 is 1.22 bits per heavy atom. The number of rotatable bonds is 7. The molecule has 5 nitrogen and oxygen atoms in total. The zero-order valence-corrected chi connectivity index (χ0v) is 33.6. The summed E-state index contributed by atoms with van der Waals surface area (Å²) in [4.78, 5) is 14.7. The van der Waals surface area contributed by atoms with Gasteiger partial charge in [-0.25, -0.2) is 15.0 Å². The molecule has 0 N–H and O–H groups in total. The van der Waals surface area contributed by atoms with E-state index in [-0.39, 0.29) is 5.41 Å². The van der Waals surface area contributed by atoms with E-state index >= 15 is 0 Å². The van der Waals surface area contributed by atoms with Crippen LogP contribution in [-0.4, -0.2) is 19.5 Å². The third kappa shape index (κ3) is 5.43. The van der Waals surface area contributed by atoms with Crippen LogP contribution in [0.25, 0.3) is 100 Å². The van der Waals surface area contributed by atoms with Crippen molar-refractivity contribution in [1.29, 1.82) is 0 Å². The molecule has 0 bridgehead atoms. The van der Waals surface area contributed by atoms with Crippen molar-refractivity contribution in [2.45, 2.75) is 26.2 Å². The predicted octanol–water partition coefficient (Wildman–Crippen LogP) is 14.3. The van der Waals surface area contributed by atoms with Gasteiger partial charge in [0.25, 0.3) is 0 Å². The lowest BCUT2D eigenvalue weighted by molar-refractivity contribution is 0.660. The molecule has 11 rings (SSSR count). The number of hydrogen-bond acceptors (Lipinski definition) is 4. The lowest BCUT2D eigenvalue weighted by Crippen LogP contribution is -2.14. The molecule has 10 aromatic rings. The Hall–Kier alpha value is -7.63. The maximum absolute atomic E-state index is 7.07. The molecule has 5 heteroatoms. The van der Waals surface area contributed by atoms with Gasteiger partial charge in [-0.05, 0) is 59.0 Å². The lowest BCUT2D eigenvalue weighted by Gasteiger charge is -2.21. The van der Waals surface area contributed by atoms with Crippen molar-refractivity contribution in [3.63, 3.8) is 0 Å². The molecule has 0 radical (unpaired) electrons. The van der Waals surface area contributed by atoms with Gasteiger partial charge >= 0.3 is 0 Å². The standard InChI is InChI=1S/C55H40N4O/c1-5-7-17-34(6-2)52-56-53(36-18-9-8-10-19-36)58-54(57-52)37-30-28-35(29-31-37)38-22-15-23-41-42-24-16-27-48(51(42)60-50(38)41)59-47-26-14-12-21-40(47)44-32-43-39-20-11-13-25-45(39)55(3,4)46(43)33-49(44)59/h5-33H,2H2,1,3-4H3/b7-5-,34-17+. The summed E-state index contributed by atoms with van der Waals surface area (Å²) < 4.78 is 9.47. The van der Waals surface area contributed by atoms with Crippen LogP contribution in [0.1, 0.15) is 37.7 Å². The molecule has 0 atom stereocenters. The molecular formula is C55H40N4O. The van der Waals surface area contributed by atoms with Gasteiger partial charge in [0.2, 0.25) is 0 Å². The number of benzene rings is 7. The molecule has 0 unspecified atom stereocenters. The lowest BCUT2D eigenvalue weighted by atomic mass is 9.82. The number of fused-ring (bicyclic) bond motifs is 9. The number of allylic oxidation sites excluding steroid dienone is 5. The molecule has 0 saturated heterocycles. The van der Waals surface area contributed by atoms with Crippen LogP contribution in [0.5, 0.6) is 0 Å². The fourth-order valence-electron chi connectivity index (χ4n) is 9.21. The number of para-hydroxylation sites is 3. The first-order chi connectivity index (χ1) is 29.4. The summed E-state index contributed by atoms with van der Waals surface area (Å²) in [5.74, 6) is 1.77. The molecule has 1 aliphatic carbocycles. The second-order valence-corrected chi connectivity index (χ2v) is 16.0. The number of hydrogen-bond donors (Lipinski definition) is 0. The maximum atomic E-state index is 7.07. The normalized spacial score (nSPS) is 13.5. The Labute approximate surface area is 348 Å². The molecule has 3 heterocycles. The topological polar surface area (TPSA) is 56.7 Å². The zero-order valence-electron chi connectivity index (χ0n) is 33.6. The Kier molecular flexibility index (Phi) is 8.14. The van der Waals surface area contributed by atoms with Crippen molar-refractivity contribution in [3.8, 4) is 50.7 Å². The van der Waals surface area contributed by atoms with Crippen molar-refractivity contribution in [1.82, 2.24) is 19.5 Å². The van der Waals surface area contributed by atoms with Crippen LogP contribution in [0.4, 0.5) is 0 Å². The monoisotopic (exact) mass is 772 g/mol. The molecule has 0 fully saturated rings. The van der Waals surface area contributed by atoms with Crippen LogP contribution in [0, 0.1) is 0 Å². The minimum atomic E-state index is -0.120. The molecule has 1 aliphatic rings. The van der Waals surface area contributed by atoms with Crippen molar-refractivity contribution in [2.75, 3.05) is 0 Å². The van der Waals surface area contributed by atoms with Crippen LogP contribution in [0.2, 0.25) is 0 Å². The minimum Gasteiger partial charge on any atom is -0.453 e. The smallest absolute Gasteiger partial charge is 0.164 e. The first-order valence-electron chi connectivity index (χ1n) is 20.4. The Bertz CT molecular complexity index is 3420. The van der Waals surface area contributed by atoms with Gasteiger partial charge in [0.05, 0.1) is 16.7 Å². The van der Waals surface area contributed by atoms with Gasteiger partial charge < -0.3 is 8.98 Å². The molecule has 0 saturated carbocycles. The molecule has 0 amide bonds. The molecule has 60 heavy (non-hydrogen) atoms. The van der Waals surface area contributed by atoms with Gasteiger partial charge in [-0.3, -0.25) is 0 Å². The van der Waals surface area contributed by atoms with Crippen molar-refractivity contribution in [2.24, 2.45) is 0 Å². The fourth-order valence-corrected chi connectivity index (χ4v) is 9.21. The average molecular weight is 773 g/mol. The number of nitrogens with zero attached hydrogens (tertiary/aromatic N) is 4. The minimum absolute atomic E-state index is 0.120. The van der Waals surface area contributed by atoms with Gasteiger partial charge in [0.1, 0.15) is 5.58 Å². The zero-order chi connectivity index (χ0) is 40.5. The summed E-state index contributed by atoms with van der Waals surface area (Å²) in [6.07, 6.45) is 7.69. The highest BCUT2D eigenvalue weighted by molar-refractivity contribution is 6.15. The molecule has 3 aromatic heterocycles. The van der Waals surface area contributed by atoms with Gasteiger partial charge in [-0.1, -0.05) is 172 Å². The quantitative estimate of drug-likeness (QED) is 0.151. The van der Waals surface area contributed by atoms with Gasteiger partial charge in [-0.15, -0.1) is 0 Å².